The van der Waals surface area contributed by atoms with Crippen LogP contribution in [-0.4, -0.2) is 38.1 Å². The van der Waals surface area contributed by atoms with Crippen LogP contribution in [-0.2, 0) is 6.54 Å². The van der Waals surface area contributed by atoms with Crippen molar-refractivity contribution in [2.45, 2.75) is 33.0 Å². The van der Waals surface area contributed by atoms with Crippen molar-refractivity contribution in [2.24, 2.45) is 0 Å². The lowest BCUT2D eigenvalue weighted by atomic mass is 10.4. The molecular formula is C12H19N5O2. The van der Waals surface area contributed by atoms with Crippen molar-refractivity contribution < 1.29 is 0 Å². The van der Waals surface area contributed by atoms with E-state index in [2.05, 4.69) is 9.97 Å². The monoisotopic (exact) mass is 265 g/mol. The lowest BCUT2D eigenvalue weighted by Gasteiger charge is -2.21. The number of imidazole rings is 1. The van der Waals surface area contributed by atoms with Crippen LogP contribution in [0, 0.1) is 0 Å². The van der Waals surface area contributed by atoms with Gasteiger partial charge >= 0.3 is 5.69 Å². The van der Waals surface area contributed by atoms with Gasteiger partial charge in [-0.15, -0.1) is 0 Å². The molecule has 0 radical (unpaired) electrons. The molecule has 0 aliphatic carbocycles. The third-order valence-electron chi connectivity index (χ3n) is 3.31. The van der Waals surface area contributed by atoms with Crippen LogP contribution in [0.4, 0.5) is 0 Å². The van der Waals surface area contributed by atoms with Gasteiger partial charge in [0.05, 0.1) is 12.5 Å². The Balaban J connectivity index is 2.76. The molecule has 0 aliphatic heterocycles. The Kier molecular flexibility index (Phi) is 3.57. The van der Waals surface area contributed by atoms with Crippen LogP contribution in [0.25, 0.3) is 11.2 Å². The molecule has 2 aromatic rings. The fraction of sp³-hybridized carbons (Fsp3) is 0.583. The average Bonchev–Trinajstić information content (AvgIpc) is 2.78. The number of rotatable bonds is 4. The zero-order valence-corrected chi connectivity index (χ0v) is 11.7. The molecule has 0 fully saturated rings. The van der Waals surface area contributed by atoms with E-state index in [0.717, 1.165) is 6.42 Å². The normalized spacial score (nSPS) is 13.3. The summed E-state index contributed by atoms with van der Waals surface area (Å²) in [5, 5.41) is 0. The van der Waals surface area contributed by atoms with Gasteiger partial charge in [-0.05, 0) is 27.4 Å². The van der Waals surface area contributed by atoms with Gasteiger partial charge in [-0.25, -0.2) is 9.78 Å². The van der Waals surface area contributed by atoms with Crippen molar-refractivity contribution in [1.82, 2.24) is 24.0 Å². The number of aryl methyl sites for hydroxylation is 1. The van der Waals surface area contributed by atoms with Gasteiger partial charge in [-0.3, -0.25) is 19.2 Å². The smallest absolute Gasteiger partial charge is 0.308 e. The van der Waals surface area contributed by atoms with E-state index in [1.54, 1.807) is 10.9 Å². The number of nitrogens with one attached hydrogen (secondary N) is 1. The van der Waals surface area contributed by atoms with Crippen molar-refractivity contribution in [3.05, 3.63) is 27.2 Å². The van der Waals surface area contributed by atoms with E-state index < -0.39 is 11.2 Å². The molecule has 0 spiro atoms. The first-order valence-electron chi connectivity index (χ1n) is 6.33. The molecule has 2 aromatic heterocycles. The van der Waals surface area contributed by atoms with Gasteiger partial charge in [-0.2, -0.15) is 0 Å². The quantitative estimate of drug-likeness (QED) is 0.867. The summed E-state index contributed by atoms with van der Waals surface area (Å²) in [5.41, 5.74) is 0.0965. The first-order chi connectivity index (χ1) is 8.97. The topological polar surface area (TPSA) is 75.9 Å². The molecule has 2 heterocycles. The molecule has 2 rings (SSSR count). The second-order valence-corrected chi connectivity index (χ2v) is 4.83. The highest BCUT2D eigenvalue weighted by Crippen LogP contribution is 2.14. The molecule has 0 aliphatic rings. The third-order valence-corrected chi connectivity index (χ3v) is 3.31. The predicted octanol–water partition coefficient (Wildman–Crippen LogP) is 0.376. The number of aromatic amines is 1. The Labute approximate surface area is 110 Å². The zero-order valence-electron chi connectivity index (χ0n) is 11.7. The lowest BCUT2D eigenvalue weighted by Crippen LogP contribution is -2.32. The fourth-order valence-corrected chi connectivity index (χ4v) is 2.05. The summed E-state index contributed by atoms with van der Waals surface area (Å²) in [5.74, 6) is 0. The van der Waals surface area contributed by atoms with Gasteiger partial charge in [0.25, 0.3) is 5.56 Å². The molecule has 0 amide bonds. The number of H-pyrrole nitrogens is 1. The molecule has 0 saturated heterocycles. The van der Waals surface area contributed by atoms with Crippen molar-refractivity contribution in [3.8, 4) is 0 Å². The first kappa shape index (κ1) is 13.5. The largest absolute Gasteiger partial charge is 0.330 e. The lowest BCUT2D eigenvalue weighted by molar-refractivity contribution is 0.243. The zero-order chi connectivity index (χ0) is 14.2. The molecule has 0 bridgehead atoms. The number of hydrogen-bond donors (Lipinski definition) is 1. The minimum Gasteiger partial charge on any atom is -0.308 e. The third kappa shape index (κ3) is 2.21. The molecule has 19 heavy (non-hydrogen) atoms. The van der Waals surface area contributed by atoms with Gasteiger partial charge in [0.15, 0.2) is 11.2 Å². The van der Waals surface area contributed by atoms with E-state index in [0.29, 0.717) is 17.7 Å². The van der Waals surface area contributed by atoms with Gasteiger partial charge in [0.1, 0.15) is 0 Å². The highest BCUT2D eigenvalue weighted by molar-refractivity contribution is 5.70. The van der Waals surface area contributed by atoms with E-state index in [1.165, 1.54) is 4.57 Å². The van der Waals surface area contributed by atoms with Crippen LogP contribution >= 0.6 is 0 Å². The molecule has 7 nitrogen and oxygen atoms in total. The van der Waals surface area contributed by atoms with Crippen molar-refractivity contribution in [1.29, 1.82) is 0 Å². The maximum Gasteiger partial charge on any atom is 0.330 e. The summed E-state index contributed by atoms with van der Waals surface area (Å²) < 4.78 is 3.29. The van der Waals surface area contributed by atoms with E-state index in [4.69, 9.17) is 0 Å². The minimum atomic E-state index is -0.401. The number of nitrogens with zero attached hydrogens (tertiary/aromatic N) is 4. The summed E-state index contributed by atoms with van der Waals surface area (Å²) in [6.07, 6.45) is 2.39. The standard InChI is InChI=1S/C12H19N5O2/c1-5-6-16-10-9(11(18)14-12(16)19)17(7-13-10)8(2)15(3)4/h7-8H,5-6H2,1-4H3,(H,14,18,19). The number of fused-ring (bicyclic) bond motifs is 1. The highest BCUT2D eigenvalue weighted by atomic mass is 16.2. The van der Waals surface area contributed by atoms with Gasteiger partial charge in [-0.1, -0.05) is 6.92 Å². The minimum absolute atomic E-state index is 0.0151. The van der Waals surface area contributed by atoms with E-state index in [-0.39, 0.29) is 6.17 Å². The summed E-state index contributed by atoms with van der Waals surface area (Å²) in [6.45, 7) is 4.48. The van der Waals surface area contributed by atoms with Crippen LogP contribution < -0.4 is 11.2 Å². The van der Waals surface area contributed by atoms with Crippen molar-refractivity contribution in [2.75, 3.05) is 14.1 Å². The van der Waals surface area contributed by atoms with Gasteiger partial charge in [0.2, 0.25) is 0 Å². The summed E-state index contributed by atoms with van der Waals surface area (Å²) >= 11 is 0. The molecule has 1 N–H and O–H groups in total. The van der Waals surface area contributed by atoms with Crippen molar-refractivity contribution in [3.63, 3.8) is 0 Å². The van der Waals surface area contributed by atoms with E-state index in [9.17, 15) is 9.59 Å². The molecule has 7 heteroatoms. The molecular weight excluding hydrogens is 246 g/mol. The molecule has 0 aromatic carbocycles. The van der Waals surface area contributed by atoms with Gasteiger partial charge in [0, 0.05) is 6.54 Å². The predicted molar refractivity (Wildman–Crippen MR) is 73.3 cm³/mol. The SMILES string of the molecule is CCCn1c(=O)[nH]c(=O)c2c1ncn2C(C)N(C)C. The Morgan fingerprint density at radius 1 is 1.42 bits per heavy atom. The fourth-order valence-electron chi connectivity index (χ4n) is 2.05. The molecule has 1 unspecified atom stereocenters. The Morgan fingerprint density at radius 2 is 2.11 bits per heavy atom. The summed E-state index contributed by atoms with van der Waals surface area (Å²) in [6, 6.07) is 0. The average molecular weight is 265 g/mol. The molecule has 0 saturated carbocycles. The molecule has 1 atom stereocenters. The molecule has 104 valence electrons. The second-order valence-electron chi connectivity index (χ2n) is 4.83. The summed E-state index contributed by atoms with van der Waals surface area (Å²) in [7, 11) is 3.85. The Bertz CT molecular complexity index is 694. The Morgan fingerprint density at radius 3 is 2.68 bits per heavy atom. The van der Waals surface area contributed by atoms with Gasteiger partial charge < -0.3 is 4.57 Å². The number of hydrogen-bond acceptors (Lipinski definition) is 4. The maximum atomic E-state index is 12.0. The second kappa shape index (κ2) is 5.00. The maximum absolute atomic E-state index is 12.0. The van der Waals surface area contributed by atoms with Crippen LogP contribution in [0.5, 0.6) is 0 Å². The van der Waals surface area contributed by atoms with Crippen LogP contribution in [0.15, 0.2) is 15.9 Å². The Hall–Kier alpha value is -1.89. The van der Waals surface area contributed by atoms with Crippen LogP contribution in [0.2, 0.25) is 0 Å². The van der Waals surface area contributed by atoms with E-state index in [1.807, 2.05) is 32.8 Å². The highest BCUT2D eigenvalue weighted by Gasteiger charge is 2.17. The first-order valence-corrected chi connectivity index (χ1v) is 6.33. The van der Waals surface area contributed by atoms with E-state index >= 15 is 0 Å². The van der Waals surface area contributed by atoms with Crippen LogP contribution in [0.3, 0.4) is 0 Å². The summed E-state index contributed by atoms with van der Waals surface area (Å²) in [4.78, 5) is 32.4. The van der Waals surface area contributed by atoms with Crippen LogP contribution in [0.1, 0.15) is 26.4 Å². The number of aromatic nitrogens is 4. The van der Waals surface area contributed by atoms with Crippen molar-refractivity contribution >= 4 is 11.2 Å².